The third-order valence-electron chi connectivity index (χ3n) is 3.35. The lowest BCUT2D eigenvalue weighted by Crippen LogP contribution is -2.32. The number of ether oxygens (including phenoxy) is 1. The quantitative estimate of drug-likeness (QED) is 0.802. The monoisotopic (exact) mass is 255 g/mol. The highest BCUT2D eigenvalue weighted by Gasteiger charge is 2.32. The number of aryl methyl sites for hydroxylation is 1. The smallest absolute Gasteiger partial charge is 0.226 e. The van der Waals surface area contributed by atoms with E-state index in [0.717, 1.165) is 25.8 Å². The van der Waals surface area contributed by atoms with Crippen molar-refractivity contribution in [1.82, 2.24) is 15.0 Å². The Morgan fingerprint density at radius 1 is 1.56 bits per heavy atom. The van der Waals surface area contributed by atoms with Crippen molar-refractivity contribution in [3.63, 3.8) is 0 Å². The Morgan fingerprint density at radius 2 is 2.39 bits per heavy atom. The summed E-state index contributed by atoms with van der Waals surface area (Å²) in [6.45, 7) is 3.63. The zero-order valence-corrected chi connectivity index (χ0v) is 11.0. The highest BCUT2D eigenvalue weighted by Crippen LogP contribution is 2.21. The van der Waals surface area contributed by atoms with Gasteiger partial charge in [-0.3, -0.25) is 4.90 Å². The first-order chi connectivity index (χ1) is 8.76. The fraction of sp³-hybridized carbons (Fsp3) is 0.833. The van der Waals surface area contributed by atoms with Gasteiger partial charge in [-0.15, -0.1) is 0 Å². The maximum atomic E-state index is 9.36. The van der Waals surface area contributed by atoms with E-state index in [0.29, 0.717) is 18.3 Å². The van der Waals surface area contributed by atoms with Crippen LogP contribution in [-0.4, -0.2) is 52.6 Å². The Morgan fingerprint density at radius 3 is 3.06 bits per heavy atom. The van der Waals surface area contributed by atoms with Crippen molar-refractivity contribution < 1.29 is 14.4 Å². The van der Waals surface area contributed by atoms with E-state index in [1.165, 1.54) is 0 Å². The van der Waals surface area contributed by atoms with Crippen LogP contribution in [0.15, 0.2) is 4.52 Å². The van der Waals surface area contributed by atoms with Gasteiger partial charge in [-0.05, 0) is 12.8 Å². The highest BCUT2D eigenvalue weighted by molar-refractivity contribution is 4.92. The predicted molar refractivity (Wildman–Crippen MR) is 65.0 cm³/mol. The van der Waals surface area contributed by atoms with Crippen LogP contribution < -0.4 is 0 Å². The summed E-state index contributed by atoms with van der Waals surface area (Å²) in [6.07, 6.45) is 2.85. The summed E-state index contributed by atoms with van der Waals surface area (Å²) in [5.74, 6) is 1.38. The maximum absolute atomic E-state index is 9.36. The molecule has 1 N–H and O–H groups in total. The molecule has 2 atom stereocenters. The summed E-state index contributed by atoms with van der Waals surface area (Å²) >= 11 is 0. The number of methoxy groups -OCH3 is 1. The topological polar surface area (TPSA) is 71.6 Å². The molecule has 2 rings (SSSR count). The Hall–Kier alpha value is -0.980. The van der Waals surface area contributed by atoms with Crippen LogP contribution in [0.2, 0.25) is 0 Å². The van der Waals surface area contributed by atoms with Gasteiger partial charge in [0.15, 0.2) is 5.82 Å². The van der Waals surface area contributed by atoms with Gasteiger partial charge < -0.3 is 14.4 Å². The molecule has 1 aliphatic rings. The van der Waals surface area contributed by atoms with E-state index in [2.05, 4.69) is 22.0 Å². The molecule has 0 amide bonds. The molecule has 1 saturated heterocycles. The molecule has 6 nitrogen and oxygen atoms in total. The first-order valence-corrected chi connectivity index (χ1v) is 6.46. The number of likely N-dealkylation sites (tertiary alicyclic amines) is 1. The normalized spacial score (nSPS) is 24.8. The molecule has 102 valence electrons. The molecule has 0 radical (unpaired) electrons. The van der Waals surface area contributed by atoms with Gasteiger partial charge in [-0.25, -0.2) is 0 Å². The average Bonchev–Trinajstić information content (AvgIpc) is 2.97. The summed E-state index contributed by atoms with van der Waals surface area (Å²) < 4.78 is 10.5. The lowest BCUT2D eigenvalue weighted by molar-refractivity contribution is 0.106. The van der Waals surface area contributed by atoms with Crippen molar-refractivity contribution in [1.29, 1.82) is 0 Å². The van der Waals surface area contributed by atoms with Crippen LogP contribution in [0.4, 0.5) is 0 Å². The molecule has 1 fully saturated rings. The molecule has 2 heterocycles. The van der Waals surface area contributed by atoms with E-state index in [9.17, 15) is 5.11 Å². The van der Waals surface area contributed by atoms with Crippen LogP contribution in [0.1, 0.15) is 31.5 Å². The molecule has 0 spiro atoms. The molecule has 1 aliphatic heterocycles. The van der Waals surface area contributed by atoms with E-state index in [1.807, 2.05) is 0 Å². The van der Waals surface area contributed by atoms with E-state index in [4.69, 9.17) is 9.26 Å². The Balaban J connectivity index is 1.94. The average molecular weight is 255 g/mol. The fourth-order valence-corrected chi connectivity index (χ4v) is 2.34. The second-order valence-corrected chi connectivity index (χ2v) is 4.71. The summed E-state index contributed by atoms with van der Waals surface area (Å²) in [5, 5.41) is 13.3. The van der Waals surface area contributed by atoms with Gasteiger partial charge in [0.1, 0.15) is 0 Å². The number of rotatable bonds is 6. The molecule has 0 aliphatic carbocycles. The van der Waals surface area contributed by atoms with Crippen molar-refractivity contribution in [3.05, 3.63) is 11.7 Å². The molecular weight excluding hydrogens is 234 g/mol. The SMILES string of the molecule is CCCc1nc(CN2C[C@H](OC)C[C@H]2CO)no1. The van der Waals surface area contributed by atoms with Crippen LogP contribution in [0.3, 0.4) is 0 Å². The van der Waals surface area contributed by atoms with Crippen LogP contribution >= 0.6 is 0 Å². The van der Waals surface area contributed by atoms with Gasteiger partial charge in [-0.1, -0.05) is 12.1 Å². The summed E-state index contributed by atoms with van der Waals surface area (Å²) in [6, 6.07) is 0.128. The van der Waals surface area contributed by atoms with Gasteiger partial charge in [-0.2, -0.15) is 4.98 Å². The Labute approximate surface area is 107 Å². The molecule has 0 bridgehead atoms. The van der Waals surface area contributed by atoms with Crippen molar-refractivity contribution in [2.75, 3.05) is 20.3 Å². The molecule has 0 saturated carbocycles. The molecule has 6 heteroatoms. The Bertz CT molecular complexity index is 369. The summed E-state index contributed by atoms with van der Waals surface area (Å²) in [5.41, 5.74) is 0. The van der Waals surface area contributed by atoms with E-state index in [-0.39, 0.29) is 18.8 Å². The van der Waals surface area contributed by atoms with Crippen molar-refractivity contribution in [2.45, 2.75) is 44.9 Å². The van der Waals surface area contributed by atoms with Crippen molar-refractivity contribution >= 4 is 0 Å². The molecule has 1 aromatic heterocycles. The Kier molecular flexibility index (Phi) is 4.68. The van der Waals surface area contributed by atoms with E-state index >= 15 is 0 Å². The standard InChI is InChI=1S/C12H21N3O3/c1-3-4-12-13-11(14-18-12)7-15-6-10(17-2)5-9(15)8-16/h9-10,16H,3-8H2,1-2H3/t9-,10+/m0/s1. The van der Waals surface area contributed by atoms with Crippen molar-refractivity contribution in [3.8, 4) is 0 Å². The van der Waals surface area contributed by atoms with Gasteiger partial charge in [0.2, 0.25) is 5.89 Å². The van der Waals surface area contributed by atoms with Gasteiger partial charge in [0, 0.05) is 26.1 Å². The lowest BCUT2D eigenvalue weighted by Gasteiger charge is -2.19. The van der Waals surface area contributed by atoms with Gasteiger partial charge in [0.25, 0.3) is 0 Å². The number of aromatic nitrogens is 2. The zero-order valence-electron chi connectivity index (χ0n) is 11.0. The molecule has 0 unspecified atom stereocenters. The van der Waals surface area contributed by atoms with Gasteiger partial charge >= 0.3 is 0 Å². The van der Waals surface area contributed by atoms with Crippen LogP contribution in [0.25, 0.3) is 0 Å². The number of hydrogen-bond acceptors (Lipinski definition) is 6. The van der Waals surface area contributed by atoms with Crippen molar-refractivity contribution in [2.24, 2.45) is 0 Å². The zero-order chi connectivity index (χ0) is 13.0. The van der Waals surface area contributed by atoms with E-state index < -0.39 is 0 Å². The van der Waals surface area contributed by atoms with Gasteiger partial charge in [0.05, 0.1) is 19.3 Å². The minimum Gasteiger partial charge on any atom is -0.395 e. The van der Waals surface area contributed by atoms with Crippen LogP contribution in [0.5, 0.6) is 0 Å². The minimum absolute atomic E-state index is 0.128. The second kappa shape index (κ2) is 6.26. The third kappa shape index (κ3) is 3.07. The summed E-state index contributed by atoms with van der Waals surface area (Å²) in [7, 11) is 1.70. The number of aliphatic hydroxyl groups is 1. The first kappa shape index (κ1) is 13.5. The van der Waals surface area contributed by atoms with Crippen LogP contribution in [-0.2, 0) is 17.7 Å². The highest BCUT2D eigenvalue weighted by atomic mass is 16.5. The molecule has 18 heavy (non-hydrogen) atoms. The second-order valence-electron chi connectivity index (χ2n) is 4.71. The predicted octanol–water partition coefficient (Wildman–Crippen LogP) is 0.604. The minimum atomic E-state index is 0.128. The fourth-order valence-electron chi connectivity index (χ4n) is 2.34. The largest absolute Gasteiger partial charge is 0.395 e. The molecule has 0 aromatic carbocycles. The third-order valence-corrected chi connectivity index (χ3v) is 3.35. The molecular formula is C12H21N3O3. The maximum Gasteiger partial charge on any atom is 0.226 e. The van der Waals surface area contributed by atoms with Crippen LogP contribution in [0, 0.1) is 0 Å². The van der Waals surface area contributed by atoms with E-state index in [1.54, 1.807) is 7.11 Å². The number of nitrogens with zero attached hydrogens (tertiary/aromatic N) is 3. The lowest BCUT2D eigenvalue weighted by atomic mass is 10.2. The summed E-state index contributed by atoms with van der Waals surface area (Å²) in [4.78, 5) is 6.49. The number of aliphatic hydroxyl groups excluding tert-OH is 1. The first-order valence-electron chi connectivity index (χ1n) is 6.46. The molecule has 1 aromatic rings. The number of hydrogen-bond donors (Lipinski definition) is 1.